The fourth-order valence-electron chi connectivity index (χ4n) is 4.93. The molecule has 0 fully saturated rings. The summed E-state index contributed by atoms with van der Waals surface area (Å²) in [6, 6.07) is 27.3. The highest BCUT2D eigenvalue weighted by Crippen LogP contribution is 2.32. The molecule has 0 N–H and O–H groups in total. The van der Waals surface area contributed by atoms with Gasteiger partial charge < -0.3 is 9.40 Å². The van der Waals surface area contributed by atoms with Crippen LogP contribution in [0.5, 0.6) is 0 Å². The number of Topliss-reactive ketones (excluding diaryl/α,β-unsaturated/α-hetero) is 1. The first-order valence-electron chi connectivity index (χ1n) is 13.6. The Hall–Kier alpha value is -4.42. The minimum atomic E-state index is -0.211. The normalized spacial score (nSPS) is 11.7. The van der Waals surface area contributed by atoms with Gasteiger partial charge in [-0.25, -0.2) is 0 Å². The third-order valence-corrected chi connectivity index (χ3v) is 8.09. The van der Waals surface area contributed by atoms with E-state index in [0.717, 1.165) is 38.8 Å². The van der Waals surface area contributed by atoms with Crippen molar-refractivity contribution in [3.63, 3.8) is 0 Å². The topological polar surface area (TPSA) is 60.7 Å². The van der Waals surface area contributed by atoms with Crippen LogP contribution in [0.3, 0.4) is 0 Å². The summed E-state index contributed by atoms with van der Waals surface area (Å²) in [6.07, 6.45) is 0. The SMILES string of the molecule is C=C(C)O/N=C(\CSc1ccc(C)cc1)C(=O)c1ccc2c(c1)c1cc(C(=O)c3ccccc3C)ccc1n2CC. The summed E-state index contributed by atoms with van der Waals surface area (Å²) in [4.78, 5) is 33.6. The van der Waals surface area contributed by atoms with Crippen molar-refractivity contribution in [2.75, 3.05) is 5.75 Å². The number of carbonyl (C=O) groups is 2. The number of thioether (sulfide) groups is 1. The van der Waals surface area contributed by atoms with Gasteiger partial charge in [0.1, 0.15) is 11.5 Å². The smallest absolute Gasteiger partial charge is 0.211 e. The standard InChI is InChI=1S/C35H32N2O3S/c1-6-37-32-17-13-25(34(38)28-10-8-7-9-24(28)5)19-29(32)30-20-26(14-18-33(30)37)35(39)31(36-40-22(2)3)21-41-27-15-11-23(4)12-16-27/h7-20H,2,6,21H2,1,3-5H3/b36-31+. The number of benzene rings is 4. The maximum absolute atomic E-state index is 13.8. The molecule has 1 aromatic heterocycles. The quantitative estimate of drug-likeness (QED) is 0.0565. The van der Waals surface area contributed by atoms with Crippen molar-refractivity contribution in [2.24, 2.45) is 5.16 Å². The first-order chi connectivity index (χ1) is 19.8. The summed E-state index contributed by atoms with van der Waals surface area (Å²) in [5.41, 5.74) is 6.25. The molecule has 0 spiro atoms. The van der Waals surface area contributed by atoms with Crippen LogP contribution in [-0.2, 0) is 11.4 Å². The number of ketones is 2. The molecule has 0 aliphatic carbocycles. The average molecular weight is 561 g/mol. The molecule has 206 valence electrons. The second kappa shape index (κ2) is 12.0. The van der Waals surface area contributed by atoms with Crippen LogP contribution in [-0.4, -0.2) is 27.6 Å². The van der Waals surface area contributed by atoms with Gasteiger partial charge in [-0.15, -0.1) is 11.8 Å². The Morgan fingerprint density at radius 2 is 1.51 bits per heavy atom. The van der Waals surface area contributed by atoms with Crippen LogP contribution in [0.15, 0.2) is 107 Å². The van der Waals surface area contributed by atoms with Crippen molar-refractivity contribution in [3.05, 3.63) is 125 Å². The summed E-state index contributed by atoms with van der Waals surface area (Å²) in [7, 11) is 0. The first-order valence-corrected chi connectivity index (χ1v) is 14.5. The van der Waals surface area contributed by atoms with E-state index >= 15 is 0 Å². The van der Waals surface area contributed by atoms with Gasteiger partial charge in [0.2, 0.25) is 5.78 Å². The zero-order valence-corrected chi connectivity index (χ0v) is 24.5. The van der Waals surface area contributed by atoms with Gasteiger partial charge in [0, 0.05) is 55.7 Å². The van der Waals surface area contributed by atoms with Crippen molar-refractivity contribution in [1.82, 2.24) is 4.57 Å². The minimum absolute atomic E-state index is 0.0193. The van der Waals surface area contributed by atoms with Crippen LogP contribution in [0, 0.1) is 13.8 Å². The maximum Gasteiger partial charge on any atom is 0.211 e. The second-order valence-corrected chi connectivity index (χ2v) is 11.2. The van der Waals surface area contributed by atoms with Gasteiger partial charge in [0.05, 0.1) is 0 Å². The number of fused-ring (bicyclic) bond motifs is 3. The Morgan fingerprint density at radius 1 is 0.878 bits per heavy atom. The highest BCUT2D eigenvalue weighted by Gasteiger charge is 2.20. The number of oxime groups is 1. The van der Waals surface area contributed by atoms with E-state index in [4.69, 9.17) is 4.84 Å². The van der Waals surface area contributed by atoms with Crippen LogP contribution in [0.1, 0.15) is 51.3 Å². The molecule has 0 bridgehead atoms. The molecule has 5 rings (SSSR count). The van der Waals surface area contributed by atoms with Gasteiger partial charge in [-0.1, -0.05) is 53.7 Å². The average Bonchev–Trinajstić information content (AvgIpc) is 3.29. The van der Waals surface area contributed by atoms with E-state index in [1.54, 1.807) is 6.92 Å². The largest absolute Gasteiger partial charge is 0.362 e. The van der Waals surface area contributed by atoms with Gasteiger partial charge in [-0.05, 0) is 81.8 Å². The minimum Gasteiger partial charge on any atom is -0.362 e. The molecule has 0 atom stereocenters. The van der Waals surface area contributed by atoms with E-state index in [1.807, 2.05) is 98.8 Å². The van der Waals surface area contributed by atoms with Crippen molar-refractivity contribution in [2.45, 2.75) is 39.1 Å². The number of rotatable bonds is 10. The lowest BCUT2D eigenvalue weighted by atomic mass is 9.97. The first kappa shape index (κ1) is 28.1. The summed E-state index contributed by atoms with van der Waals surface area (Å²) in [5.74, 6) is 0.522. The Balaban J connectivity index is 1.55. The van der Waals surface area contributed by atoms with E-state index in [0.29, 0.717) is 33.9 Å². The van der Waals surface area contributed by atoms with Crippen molar-refractivity contribution in [3.8, 4) is 0 Å². The highest BCUT2D eigenvalue weighted by molar-refractivity contribution is 8.00. The molecule has 0 saturated carbocycles. The van der Waals surface area contributed by atoms with Crippen LogP contribution >= 0.6 is 11.8 Å². The summed E-state index contributed by atoms with van der Waals surface area (Å²) in [5, 5.41) is 6.02. The second-order valence-electron chi connectivity index (χ2n) is 10.1. The fraction of sp³-hybridized carbons (Fsp3) is 0.171. The zero-order valence-electron chi connectivity index (χ0n) is 23.7. The molecule has 1 heterocycles. The molecule has 0 amide bonds. The lowest BCUT2D eigenvalue weighted by Gasteiger charge is -2.08. The molecular formula is C35H32N2O3S. The number of allylic oxidation sites excluding steroid dienone is 1. The molecule has 4 aromatic carbocycles. The van der Waals surface area contributed by atoms with Crippen LogP contribution < -0.4 is 0 Å². The van der Waals surface area contributed by atoms with Crippen LogP contribution in [0.25, 0.3) is 21.8 Å². The molecule has 5 nitrogen and oxygen atoms in total. The predicted molar refractivity (Wildman–Crippen MR) is 169 cm³/mol. The molecule has 0 saturated heterocycles. The van der Waals surface area contributed by atoms with E-state index < -0.39 is 0 Å². The number of hydrogen-bond donors (Lipinski definition) is 0. The van der Waals surface area contributed by atoms with Gasteiger partial charge in [-0.2, -0.15) is 0 Å². The third kappa shape index (κ3) is 5.88. The number of aryl methyl sites for hydroxylation is 3. The highest BCUT2D eigenvalue weighted by atomic mass is 32.2. The third-order valence-electron chi connectivity index (χ3n) is 7.07. The summed E-state index contributed by atoms with van der Waals surface area (Å²) >= 11 is 1.53. The zero-order chi connectivity index (χ0) is 29.1. The van der Waals surface area contributed by atoms with Gasteiger partial charge in [0.25, 0.3) is 0 Å². The Kier molecular flexibility index (Phi) is 8.22. The number of carbonyl (C=O) groups excluding carboxylic acids is 2. The molecule has 6 heteroatoms. The van der Waals surface area contributed by atoms with Gasteiger partial charge in [0.15, 0.2) is 5.78 Å². The van der Waals surface area contributed by atoms with Gasteiger partial charge in [-0.3, -0.25) is 9.59 Å². The van der Waals surface area contributed by atoms with Crippen molar-refractivity contribution in [1.29, 1.82) is 0 Å². The lowest BCUT2D eigenvalue weighted by molar-refractivity contribution is 0.103. The fourth-order valence-corrected chi connectivity index (χ4v) is 5.75. The molecular weight excluding hydrogens is 528 g/mol. The molecule has 0 unspecified atom stereocenters. The summed E-state index contributed by atoms with van der Waals surface area (Å²) in [6.45, 7) is 12.3. The molecule has 5 aromatic rings. The van der Waals surface area contributed by atoms with Crippen LogP contribution in [0.2, 0.25) is 0 Å². The van der Waals surface area contributed by atoms with Crippen molar-refractivity contribution >= 4 is 50.8 Å². The lowest BCUT2D eigenvalue weighted by Crippen LogP contribution is -2.17. The maximum atomic E-state index is 13.8. The number of nitrogens with zero attached hydrogens (tertiary/aromatic N) is 2. The monoisotopic (exact) mass is 560 g/mol. The van der Waals surface area contributed by atoms with Crippen LogP contribution in [0.4, 0.5) is 0 Å². The molecule has 41 heavy (non-hydrogen) atoms. The predicted octanol–water partition coefficient (Wildman–Crippen LogP) is 8.54. The number of aromatic nitrogens is 1. The Labute approximate surface area is 244 Å². The van der Waals surface area contributed by atoms with Crippen molar-refractivity contribution < 1.29 is 14.4 Å². The van der Waals surface area contributed by atoms with E-state index in [1.165, 1.54) is 17.3 Å². The van der Waals surface area contributed by atoms with E-state index in [-0.39, 0.29) is 11.6 Å². The van der Waals surface area contributed by atoms with Gasteiger partial charge >= 0.3 is 0 Å². The summed E-state index contributed by atoms with van der Waals surface area (Å²) < 4.78 is 2.20. The number of hydrogen-bond acceptors (Lipinski definition) is 5. The molecule has 0 aliphatic heterocycles. The Morgan fingerprint density at radius 3 is 2.15 bits per heavy atom. The van der Waals surface area contributed by atoms with E-state index in [2.05, 4.69) is 23.2 Å². The molecule has 0 aliphatic rings. The van der Waals surface area contributed by atoms with E-state index in [9.17, 15) is 9.59 Å². The molecule has 0 radical (unpaired) electrons. The Bertz CT molecular complexity index is 1830.